The van der Waals surface area contributed by atoms with Gasteiger partial charge in [-0.15, -0.1) is 11.3 Å². The number of fused-ring (bicyclic) bond motifs is 6. The average molecular weight is 662 g/mol. The standard InChI is InChI=1S/C45H31N3OS/c1-3-12-28(13-4-1)30-16-9-17-31(26-30)43-46-44(48-45(47-43)38-22-11-20-36-34-18-7-8-23-39(34)49-41(36)38)32-24-25-35-37-21-10-19-33(29-14-5-2-6-15-29)42(37)50-40(35)27-32/h1-27,43,45,47H,(H,46,48). The average Bonchev–Trinajstić information content (AvgIpc) is 3.77. The monoisotopic (exact) mass is 661 g/mol. The van der Waals surface area contributed by atoms with Gasteiger partial charge in [0.1, 0.15) is 29.3 Å². The highest BCUT2D eigenvalue weighted by Crippen LogP contribution is 2.41. The molecule has 4 nitrogen and oxygen atoms in total. The molecular formula is C45H31N3OS. The van der Waals surface area contributed by atoms with Crippen molar-refractivity contribution in [2.75, 3.05) is 0 Å². The number of amidine groups is 1. The van der Waals surface area contributed by atoms with Gasteiger partial charge in [-0.1, -0.05) is 146 Å². The smallest absolute Gasteiger partial charge is 0.142 e. The van der Waals surface area contributed by atoms with Crippen LogP contribution in [0.1, 0.15) is 29.0 Å². The second kappa shape index (κ2) is 11.8. The third kappa shape index (κ3) is 4.90. The summed E-state index contributed by atoms with van der Waals surface area (Å²) < 4.78 is 9.06. The number of nitrogens with zero attached hydrogens (tertiary/aromatic N) is 1. The van der Waals surface area contributed by atoms with Crippen molar-refractivity contribution in [1.82, 2.24) is 10.6 Å². The van der Waals surface area contributed by atoms with Gasteiger partial charge in [-0.3, -0.25) is 5.32 Å². The second-order valence-corrected chi connectivity index (χ2v) is 13.9. The van der Waals surface area contributed by atoms with E-state index in [-0.39, 0.29) is 12.3 Å². The Balaban J connectivity index is 1.11. The molecule has 238 valence electrons. The van der Waals surface area contributed by atoms with Gasteiger partial charge in [-0.2, -0.15) is 0 Å². The summed E-state index contributed by atoms with van der Waals surface area (Å²) in [5.41, 5.74) is 9.81. The van der Waals surface area contributed by atoms with E-state index >= 15 is 0 Å². The number of aliphatic imine (C=N–C) groups is 1. The van der Waals surface area contributed by atoms with Crippen LogP contribution >= 0.6 is 11.3 Å². The van der Waals surface area contributed by atoms with Crippen LogP contribution in [-0.4, -0.2) is 5.84 Å². The fourth-order valence-electron chi connectivity index (χ4n) is 7.34. The van der Waals surface area contributed by atoms with Crippen molar-refractivity contribution in [2.24, 2.45) is 4.99 Å². The zero-order valence-electron chi connectivity index (χ0n) is 27.0. The Bertz CT molecular complexity index is 2730. The van der Waals surface area contributed by atoms with Gasteiger partial charge in [0.15, 0.2) is 0 Å². The van der Waals surface area contributed by atoms with Gasteiger partial charge in [0.2, 0.25) is 0 Å². The number of thiophene rings is 1. The molecule has 1 aliphatic rings. The normalized spacial score (nSPS) is 16.2. The van der Waals surface area contributed by atoms with Crippen molar-refractivity contribution in [1.29, 1.82) is 0 Å². The van der Waals surface area contributed by atoms with E-state index in [0.29, 0.717) is 0 Å². The van der Waals surface area contributed by atoms with Gasteiger partial charge in [-0.25, -0.2) is 4.99 Å². The summed E-state index contributed by atoms with van der Waals surface area (Å²) in [5.74, 6) is 0.847. The summed E-state index contributed by atoms with van der Waals surface area (Å²) in [7, 11) is 0. The molecule has 1 aliphatic heterocycles. The Labute approximate surface area is 293 Å². The van der Waals surface area contributed by atoms with Crippen molar-refractivity contribution < 1.29 is 4.42 Å². The molecule has 0 radical (unpaired) electrons. The molecule has 0 spiro atoms. The predicted molar refractivity (Wildman–Crippen MR) is 209 cm³/mol. The summed E-state index contributed by atoms with van der Waals surface area (Å²) >= 11 is 1.85. The number of para-hydroxylation sites is 2. The minimum atomic E-state index is -0.290. The number of nitrogens with one attached hydrogen (secondary N) is 2. The molecule has 0 fully saturated rings. The Hall–Kier alpha value is -6.01. The van der Waals surface area contributed by atoms with E-state index in [1.165, 1.54) is 36.9 Å². The van der Waals surface area contributed by atoms with E-state index < -0.39 is 0 Å². The molecule has 0 aliphatic carbocycles. The summed E-state index contributed by atoms with van der Waals surface area (Å²) in [6, 6.07) is 57.9. The van der Waals surface area contributed by atoms with E-state index in [9.17, 15) is 0 Å². The van der Waals surface area contributed by atoms with E-state index in [2.05, 4.69) is 162 Å². The number of hydrogen-bond acceptors (Lipinski definition) is 5. The van der Waals surface area contributed by atoms with Crippen LogP contribution in [0.15, 0.2) is 173 Å². The van der Waals surface area contributed by atoms with Gasteiger partial charge >= 0.3 is 0 Å². The molecule has 2 aromatic heterocycles. The Morgan fingerprint density at radius 1 is 0.540 bits per heavy atom. The van der Waals surface area contributed by atoms with E-state index in [1.807, 2.05) is 23.5 Å². The van der Waals surface area contributed by atoms with Gasteiger partial charge in [0, 0.05) is 42.1 Å². The van der Waals surface area contributed by atoms with Crippen LogP contribution in [0.5, 0.6) is 0 Å². The quantitative estimate of drug-likeness (QED) is 0.193. The predicted octanol–water partition coefficient (Wildman–Crippen LogP) is 11.6. The van der Waals surface area contributed by atoms with Crippen LogP contribution in [-0.2, 0) is 0 Å². The van der Waals surface area contributed by atoms with Crippen LogP contribution in [0.2, 0.25) is 0 Å². The third-order valence-electron chi connectivity index (χ3n) is 9.78. The highest BCUT2D eigenvalue weighted by molar-refractivity contribution is 7.26. The van der Waals surface area contributed by atoms with E-state index in [1.54, 1.807) is 0 Å². The molecular weight excluding hydrogens is 631 g/mol. The molecule has 0 amide bonds. The number of furan rings is 1. The lowest BCUT2D eigenvalue weighted by Crippen LogP contribution is -2.45. The lowest BCUT2D eigenvalue weighted by Gasteiger charge is -2.32. The zero-order chi connectivity index (χ0) is 33.0. The fraction of sp³-hybridized carbons (Fsp3) is 0.0444. The maximum absolute atomic E-state index is 6.52. The van der Waals surface area contributed by atoms with E-state index in [0.717, 1.165) is 50.0 Å². The Kier molecular flexibility index (Phi) is 6.86. The molecule has 0 bridgehead atoms. The SMILES string of the molecule is c1ccc(-c2cccc(C3N=C(c4ccc5c(c4)sc4c(-c6ccccc6)cccc45)NC(c4cccc5c4oc4ccccc45)N3)c2)cc1. The molecule has 2 atom stereocenters. The van der Waals surface area contributed by atoms with Crippen LogP contribution in [0.25, 0.3) is 64.4 Å². The lowest BCUT2D eigenvalue weighted by atomic mass is 10.0. The van der Waals surface area contributed by atoms with Gasteiger partial charge in [0.25, 0.3) is 0 Å². The number of hydrogen-bond donors (Lipinski definition) is 2. The fourth-order valence-corrected chi connectivity index (χ4v) is 8.62. The zero-order valence-corrected chi connectivity index (χ0v) is 27.8. The van der Waals surface area contributed by atoms with Crippen molar-refractivity contribution in [2.45, 2.75) is 12.3 Å². The Morgan fingerprint density at radius 2 is 1.26 bits per heavy atom. The molecule has 2 N–H and O–H groups in total. The molecule has 5 heteroatoms. The van der Waals surface area contributed by atoms with Gasteiger partial charge in [0.05, 0.1) is 0 Å². The maximum Gasteiger partial charge on any atom is 0.142 e. The first-order valence-corrected chi connectivity index (χ1v) is 17.8. The Morgan fingerprint density at radius 3 is 2.14 bits per heavy atom. The topological polar surface area (TPSA) is 49.6 Å². The highest BCUT2D eigenvalue weighted by atomic mass is 32.1. The molecule has 10 rings (SSSR count). The van der Waals surface area contributed by atoms with Crippen molar-refractivity contribution in [3.63, 3.8) is 0 Å². The highest BCUT2D eigenvalue weighted by Gasteiger charge is 2.28. The first kappa shape index (κ1) is 29.0. The van der Waals surface area contributed by atoms with Crippen LogP contribution < -0.4 is 10.6 Å². The second-order valence-electron chi connectivity index (χ2n) is 12.8. The molecule has 9 aromatic rings. The van der Waals surface area contributed by atoms with Crippen LogP contribution in [0, 0.1) is 0 Å². The van der Waals surface area contributed by atoms with E-state index in [4.69, 9.17) is 9.41 Å². The first-order valence-electron chi connectivity index (χ1n) is 16.9. The van der Waals surface area contributed by atoms with Gasteiger partial charge in [-0.05, 0) is 46.0 Å². The summed E-state index contributed by atoms with van der Waals surface area (Å²) in [4.78, 5) is 5.35. The molecule has 2 unspecified atom stereocenters. The minimum absolute atomic E-state index is 0.250. The van der Waals surface area contributed by atoms with Crippen molar-refractivity contribution in [3.8, 4) is 22.3 Å². The lowest BCUT2D eigenvalue weighted by molar-refractivity contribution is 0.408. The maximum atomic E-state index is 6.52. The molecule has 7 aromatic carbocycles. The first-order chi connectivity index (χ1) is 24.8. The van der Waals surface area contributed by atoms with Crippen LogP contribution in [0.4, 0.5) is 0 Å². The summed E-state index contributed by atoms with van der Waals surface area (Å²) in [5, 5.41) is 12.4. The molecule has 0 saturated carbocycles. The van der Waals surface area contributed by atoms with Gasteiger partial charge < -0.3 is 9.73 Å². The third-order valence-corrected chi connectivity index (χ3v) is 11.0. The molecule has 0 saturated heterocycles. The summed E-state index contributed by atoms with van der Waals surface area (Å²) in [6.45, 7) is 0. The van der Waals surface area contributed by atoms with Crippen molar-refractivity contribution >= 4 is 59.3 Å². The van der Waals surface area contributed by atoms with Crippen molar-refractivity contribution in [3.05, 3.63) is 180 Å². The summed E-state index contributed by atoms with van der Waals surface area (Å²) in [6.07, 6.45) is -0.540. The molecule has 50 heavy (non-hydrogen) atoms. The number of rotatable bonds is 5. The minimum Gasteiger partial charge on any atom is -0.456 e. The largest absolute Gasteiger partial charge is 0.456 e. The number of benzene rings is 7. The van der Waals surface area contributed by atoms with Crippen LogP contribution in [0.3, 0.4) is 0 Å². The molecule has 3 heterocycles.